The van der Waals surface area contributed by atoms with E-state index in [9.17, 15) is 14.3 Å². The van der Waals surface area contributed by atoms with Gasteiger partial charge in [0.2, 0.25) is 0 Å². The van der Waals surface area contributed by atoms with Gasteiger partial charge in [0.05, 0.1) is 13.1 Å². The molecule has 1 saturated heterocycles. The first-order chi connectivity index (χ1) is 9.32. The van der Waals surface area contributed by atoms with E-state index in [4.69, 9.17) is 4.74 Å². The zero-order valence-electron chi connectivity index (χ0n) is 12.0. The molecule has 20 heavy (non-hydrogen) atoms. The Hall–Kier alpha value is -1.62. The van der Waals surface area contributed by atoms with Crippen molar-refractivity contribution in [1.29, 1.82) is 0 Å². The first kappa shape index (κ1) is 14.8. The van der Waals surface area contributed by atoms with Crippen LogP contribution in [0.4, 0.5) is 4.39 Å². The molecule has 0 aliphatic carbocycles. The van der Waals surface area contributed by atoms with E-state index < -0.39 is 17.5 Å². The molecule has 110 valence electrons. The first-order valence-electron chi connectivity index (χ1n) is 6.75. The molecular weight excluding hydrogens is 261 g/mol. The highest BCUT2D eigenvalue weighted by Crippen LogP contribution is 2.29. The van der Waals surface area contributed by atoms with Gasteiger partial charge < -0.3 is 14.7 Å². The van der Waals surface area contributed by atoms with E-state index in [2.05, 4.69) is 0 Å². The van der Waals surface area contributed by atoms with Gasteiger partial charge in [0.15, 0.2) is 6.10 Å². The van der Waals surface area contributed by atoms with Gasteiger partial charge in [0.1, 0.15) is 17.2 Å². The van der Waals surface area contributed by atoms with Crippen LogP contribution in [0.2, 0.25) is 0 Å². The van der Waals surface area contributed by atoms with Gasteiger partial charge in [0.25, 0.3) is 5.91 Å². The van der Waals surface area contributed by atoms with E-state index in [0.29, 0.717) is 18.8 Å². The standard InChI is InChI=1S/C15H20FNO3/c1-10(2)15(19)8-17(9-15)14(18)11(3)20-13-6-4-5-12(16)7-13/h4-7,10-11,19H,8-9H2,1-3H3. The number of ether oxygens (including phenoxy) is 1. The Morgan fingerprint density at radius 2 is 2.05 bits per heavy atom. The van der Waals surface area contributed by atoms with Crippen LogP contribution in [0.1, 0.15) is 20.8 Å². The predicted molar refractivity (Wildman–Crippen MR) is 72.9 cm³/mol. The number of benzene rings is 1. The van der Waals surface area contributed by atoms with Crippen LogP contribution in [-0.2, 0) is 4.79 Å². The van der Waals surface area contributed by atoms with E-state index in [1.165, 1.54) is 18.2 Å². The molecular formula is C15H20FNO3. The lowest BCUT2D eigenvalue weighted by Crippen LogP contribution is -2.67. The number of halogens is 1. The van der Waals surface area contributed by atoms with Crippen LogP contribution in [0.5, 0.6) is 5.75 Å². The molecule has 1 atom stereocenters. The minimum absolute atomic E-state index is 0.103. The first-order valence-corrected chi connectivity index (χ1v) is 6.75. The van der Waals surface area contributed by atoms with E-state index in [-0.39, 0.29) is 11.8 Å². The number of rotatable bonds is 4. The summed E-state index contributed by atoms with van der Waals surface area (Å²) in [5.41, 5.74) is -0.797. The van der Waals surface area contributed by atoms with E-state index in [0.717, 1.165) is 0 Å². The predicted octanol–water partition coefficient (Wildman–Crippen LogP) is 1.82. The Bertz CT molecular complexity index is 498. The van der Waals surface area contributed by atoms with Crippen molar-refractivity contribution in [2.24, 2.45) is 5.92 Å². The van der Waals surface area contributed by atoms with Crippen LogP contribution >= 0.6 is 0 Å². The SMILES string of the molecule is CC(Oc1cccc(F)c1)C(=O)N1CC(O)(C(C)C)C1. The van der Waals surface area contributed by atoms with Crippen LogP contribution in [0.15, 0.2) is 24.3 Å². The molecule has 1 N–H and O–H groups in total. The lowest BCUT2D eigenvalue weighted by Gasteiger charge is -2.49. The molecule has 0 spiro atoms. The Balaban J connectivity index is 1.91. The number of carbonyl (C=O) groups excluding carboxylic acids is 1. The second-order valence-corrected chi connectivity index (χ2v) is 5.67. The number of aliphatic hydroxyl groups is 1. The number of hydrogen-bond acceptors (Lipinski definition) is 3. The highest BCUT2D eigenvalue weighted by molar-refractivity contribution is 5.82. The summed E-state index contributed by atoms with van der Waals surface area (Å²) in [7, 11) is 0. The number of amides is 1. The van der Waals surface area contributed by atoms with Crippen molar-refractivity contribution in [3.8, 4) is 5.75 Å². The number of likely N-dealkylation sites (tertiary alicyclic amines) is 1. The zero-order chi connectivity index (χ0) is 14.9. The number of carbonyl (C=O) groups is 1. The summed E-state index contributed by atoms with van der Waals surface area (Å²) in [6, 6.07) is 5.69. The largest absolute Gasteiger partial charge is 0.481 e. The fourth-order valence-corrected chi connectivity index (χ4v) is 2.19. The van der Waals surface area contributed by atoms with Crippen molar-refractivity contribution in [1.82, 2.24) is 4.90 Å². The third-order valence-electron chi connectivity index (χ3n) is 3.77. The van der Waals surface area contributed by atoms with Crippen molar-refractivity contribution >= 4 is 5.91 Å². The zero-order valence-corrected chi connectivity index (χ0v) is 12.0. The topological polar surface area (TPSA) is 49.8 Å². The fourth-order valence-electron chi connectivity index (χ4n) is 2.19. The van der Waals surface area contributed by atoms with Crippen LogP contribution < -0.4 is 4.74 Å². The van der Waals surface area contributed by atoms with Crippen molar-refractivity contribution < 1.29 is 19.0 Å². The van der Waals surface area contributed by atoms with Crippen LogP contribution in [-0.4, -0.2) is 40.7 Å². The number of hydrogen-bond donors (Lipinski definition) is 1. The minimum Gasteiger partial charge on any atom is -0.481 e. The smallest absolute Gasteiger partial charge is 0.263 e. The quantitative estimate of drug-likeness (QED) is 0.916. The van der Waals surface area contributed by atoms with E-state index in [1.807, 2.05) is 13.8 Å². The summed E-state index contributed by atoms with van der Waals surface area (Å²) in [6.45, 7) is 6.11. The van der Waals surface area contributed by atoms with Crippen molar-refractivity contribution in [2.75, 3.05) is 13.1 Å². The average molecular weight is 281 g/mol. The number of β-amino-alcohol motifs (C(OH)–C–C–N with tert-alkyl or cyclic N) is 1. The highest BCUT2D eigenvalue weighted by Gasteiger charge is 2.46. The van der Waals surface area contributed by atoms with Gasteiger partial charge in [-0.1, -0.05) is 19.9 Å². The molecule has 1 aliphatic rings. The lowest BCUT2D eigenvalue weighted by atomic mass is 9.83. The summed E-state index contributed by atoms with van der Waals surface area (Å²) in [6.07, 6.45) is -0.700. The third-order valence-corrected chi connectivity index (χ3v) is 3.77. The molecule has 4 nitrogen and oxygen atoms in total. The lowest BCUT2D eigenvalue weighted by molar-refractivity contribution is -0.169. The average Bonchev–Trinajstić information content (AvgIpc) is 2.33. The van der Waals surface area contributed by atoms with Crippen molar-refractivity contribution in [3.05, 3.63) is 30.1 Å². The monoisotopic (exact) mass is 281 g/mol. The molecule has 0 saturated carbocycles. The molecule has 5 heteroatoms. The molecule has 1 aromatic carbocycles. The molecule has 1 unspecified atom stereocenters. The number of nitrogens with zero attached hydrogens (tertiary/aromatic N) is 1. The summed E-state index contributed by atoms with van der Waals surface area (Å²) in [5.74, 6) is -0.170. The van der Waals surface area contributed by atoms with Gasteiger partial charge in [-0.25, -0.2) is 4.39 Å². The molecule has 1 heterocycles. The molecule has 0 bridgehead atoms. The maximum atomic E-state index is 13.0. The van der Waals surface area contributed by atoms with Gasteiger partial charge in [-0.2, -0.15) is 0 Å². The fraction of sp³-hybridized carbons (Fsp3) is 0.533. The Kier molecular flexibility index (Phi) is 3.99. The molecule has 1 aliphatic heterocycles. The summed E-state index contributed by atoms with van der Waals surface area (Å²) >= 11 is 0. The van der Waals surface area contributed by atoms with Gasteiger partial charge in [-0.3, -0.25) is 4.79 Å². The molecule has 0 aromatic heterocycles. The van der Waals surface area contributed by atoms with Crippen LogP contribution in [0.25, 0.3) is 0 Å². The van der Waals surface area contributed by atoms with Crippen molar-refractivity contribution in [2.45, 2.75) is 32.5 Å². The van der Waals surface area contributed by atoms with Crippen LogP contribution in [0, 0.1) is 11.7 Å². The third kappa shape index (κ3) is 2.93. The minimum atomic E-state index is -0.797. The molecule has 0 radical (unpaired) electrons. The van der Waals surface area contributed by atoms with Gasteiger partial charge in [-0.05, 0) is 25.0 Å². The summed E-state index contributed by atoms with van der Waals surface area (Å²) in [5, 5.41) is 10.1. The summed E-state index contributed by atoms with van der Waals surface area (Å²) in [4.78, 5) is 13.7. The highest BCUT2D eigenvalue weighted by atomic mass is 19.1. The van der Waals surface area contributed by atoms with Gasteiger partial charge in [-0.15, -0.1) is 0 Å². The molecule has 2 rings (SSSR count). The summed E-state index contributed by atoms with van der Waals surface area (Å²) < 4.78 is 18.5. The van der Waals surface area contributed by atoms with Gasteiger partial charge >= 0.3 is 0 Å². The second kappa shape index (κ2) is 5.40. The normalized spacial score (nSPS) is 18.6. The van der Waals surface area contributed by atoms with E-state index >= 15 is 0 Å². The van der Waals surface area contributed by atoms with E-state index in [1.54, 1.807) is 17.9 Å². The Morgan fingerprint density at radius 1 is 1.40 bits per heavy atom. The Morgan fingerprint density at radius 3 is 2.60 bits per heavy atom. The Labute approximate surface area is 118 Å². The second-order valence-electron chi connectivity index (χ2n) is 5.67. The molecule has 1 aromatic rings. The molecule has 1 fully saturated rings. The van der Waals surface area contributed by atoms with Crippen LogP contribution in [0.3, 0.4) is 0 Å². The maximum absolute atomic E-state index is 13.0. The van der Waals surface area contributed by atoms with Gasteiger partial charge in [0, 0.05) is 6.07 Å². The molecule has 1 amide bonds. The maximum Gasteiger partial charge on any atom is 0.263 e. The van der Waals surface area contributed by atoms with Crippen molar-refractivity contribution in [3.63, 3.8) is 0 Å².